The van der Waals surface area contributed by atoms with Crippen LogP contribution in [0.5, 0.6) is 0 Å². The van der Waals surface area contributed by atoms with E-state index >= 15 is 4.57 Å². The molecule has 0 aliphatic carbocycles. The molecular formula is C50H33N2OP. The molecule has 54 heavy (non-hydrogen) atoms. The number of nitrogens with zero attached hydrogens (tertiary/aromatic N) is 2. The zero-order valence-electron chi connectivity index (χ0n) is 29.3. The average Bonchev–Trinajstić information content (AvgIpc) is 3.26. The van der Waals surface area contributed by atoms with Crippen LogP contribution in [0.4, 0.5) is 0 Å². The van der Waals surface area contributed by atoms with Crippen molar-refractivity contribution in [2.45, 2.75) is 0 Å². The molecule has 0 saturated carbocycles. The van der Waals surface area contributed by atoms with Gasteiger partial charge in [-0.1, -0.05) is 176 Å². The van der Waals surface area contributed by atoms with Crippen LogP contribution in [0, 0.1) is 0 Å². The van der Waals surface area contributed by atoms with Crippen LogP contribution in [0.2, 0.25) is 0 Å². The first-order chi connectivity index (χ1) is 26.6. The third-order valence-corrected chi connectivity index (χ3v) is 13.6. The first-order valence-corrected chi connectivity index (χ1v) is 19.9. The van der Waals surface area contributed by atoms with Gasteiger partial charge < -0.3 is 4.57 Å². The van der Waals surface area contributed by atoms with E-state index < -0.39 is 7.14 Å². The smallest absolute Gasteiger partial charge is 0.171 e. The highest BCUT2D eigenvalue weighted by molar-refractivity contribution is 7.85. The van der Waals surface area contributed by atoms with E-state index in [1.807, 2.05) is 84.9 Å². The Balaban J connectivity index is 1.06. The fraction of sp³-hybridized carbons (Fsp3) is 0. The topological polar surface area (TPSA) is 42.9 Å². The third kappa shape index (κ3) is 5.41. The summed E-state index contributed by atoms with van der Waals surface area (Å²) in [5, 5.41) is 9.09. The highest BCUT2D eigenvalue weighted by Gasteiger charge is 2.29. The molecule has 0 aliphatic rings. The van der Waals surface area contributed by atoms with Crippen molar-refractivity contribution in [2.75, 3.05) is 0 Å². The summed E-state index contributed by atoms with van der Waals surface area (Å²) < 4.78 is 15.0. The number of rotatable bonds is 6. The maximum absolute atomic E-state index is 15.0. The molecular weight excluding hydrogens is 676 g/mol. The van der Waals surface area contributed by atoms with Crippen molar-refractivity contribution in [3.05, 3.63) is 200 Å². The van der Waals surface area contributed by atoms with Gasteiger partial charge in [-0.25, -0.2) is 9.97 Å². The van der Waals surface area contributed by atoms with Crippen LogP contribution >= 0.6 is 7.14 Å². The van der Waals surface area contributed by atoms with E-state index in [0.29, 0.717) is 0 Å². The monoisotopic (exact) mass is 708 g/mol. The van der Waals surface area contributed by atoms with Gasteiger partial charge in [0.1, 0.15) is 0 Å². The van der Waals surface area contributed by atoms with Gasteiger partial charge in [0.25, 0.3) is 0 Å². The summed E-state index contributed by atoms with van der Waals surface area (Å²) in [7, 11) is -3.07. The van der Waals surface area contributed by atoms with Gasteiger partial charge in [0.15, 0.2) is 7.14 Å². The van der Waals surface area contributed by atoms with Gasteiger partial charge >= 0.3 is 0 Å². The predicted molar refractivity (Wildman–Crippen MR) is 228 cm³/mol. The minimum atomic E-state index is -3.07. The van der Waals surface area contributed by atoms with Crippen LogP contribution in [0.1, 0.15) is 0 Å². The lowest BCUT2D eigenvalue weighted by atomic mass is 9.92. The fourth-order valence-corrected chi connectivity index (χ4v) is 10.5. The summed E-state index contributed by atoms with van der Waals surface area (Å²) in [5.74, 6) is 0. The Bertz CT molecular complexity index is 3030. The van der Waals surface area contributed by atoms with Gasteiger partial charge in [-0.3, -0.25) is 0 Å². The van der Waals surface area contributed by atoms with E-state index in [9.17, 15) is 0 Å². The summed E-state index contributed by atoms with van der Waals surface area (Å²) in [6.45, 7) is 0. The summed E-state index contributed by atoms with van der Waals surface area (Å²) in [6, 6.07) is 68.6. The van der Waals surface area contributed by atoms with E-state index in [1.165, 1.54) is 0 Å². The van der Waals surface area contributed by atoms with E-state index in [0.717, 1.165) is 92.9 Å². The first-order valence-electron chi connectivity index (χ1n) is 18.2. The molecule has 0 atom stereocenters. The molecule has 254 valence electrons. The Hall–Kier alpha value is -6.67. The van der Waals surface area contributed by atoms with Crippen molar-refractivity contribution < 1.29 is 4.57 Å². The quantitative estimate of drug-likeness (QED) is 0.128. The molecule has 10 aromatic rings. The van der Waals surface area contributed by atoms with E-state index in [2.05, 4.69) is 115 Å². The molecule has 3 nitrogen and oxygen atoms in total. The van der Waals surface area contributed by atoms with Crippen LogP contribution in [-0.4, -0.2) is 9.97 Å². The second kappa shape index (κ2) is 13.1. The molecule has 4 heteroatoms. The minimum absolute atomic E-state index is 0.831. The Morgan fingerprint density at radius 3 is 1.48 bits per heavy atom. The van der Waals surface area contributed by atoms with Gasteiger partial charge in [0.2, 0.25) is 0 Å². The maximum Gasteiger partial charge on any atom is 0.171 e. The number of pyridine rings is 2. The minimum Gasteiger partial charge on any atom is -0.309 e. The second-order valence-electron chi connectivity index (χ2n) is 13.7. The Labute approximate surface area is 313 Å². The number of hydrogen-bond acceptors (Lipinski definition) is 3. The number of fused-ring (bicyclic) bond motifs is 5. The molecule has 0 aliphatic heterocycles. The maximum atomic E-state index is 15.0. The van der Waals surface area contributed by atoms with Gasteiger partial charge in [-0.05, 0) is 56.9 Å². The molecule has 0 radical (unpaired) electrons. The summed E-state index contributed by atoms with van der Waals surface area (Å²) in [5.41, 5.74) is 8.09. The van der Waals surface area contributed by atoms with E-state index in [1.54, 1.807) is 0 Å². The molecule has 0 spiro atoms. The van der Waals surface area contributed by atoms with Crippen LogP contribution in [0.25, 0.3) is 77.0 Å². The highest BCUT2D eigenvalue weighted by atomic mass is 31.2. The molecule has 0 bridgehead atoms. The van der Waals surface area contributed by atoms with Crippen molar-refractivity contribution in [3.63, 3.8) is 0 Å². The standard InChI is InChI=1S/C50H33N2OP/c53-54(40-14-6-2-7-15-40,41-16-8-3-9-17-41)42-27-24-37-32-39(23-22-38(37)33-42)43-28-29-46(45-19-11-10-18-44(43)45)48-31-26-36-21-20-35-25-30-47(34-12-4-1-5-13-34)51-49(35)50(36)52-48/h1-33H. The Morgan fingerprint density at radius 2 is 0.815 bits per heavy atom. The Kier molecular flexibility index (Phi) is 7.75. The SMILES string of the molecule is O=P(c1ccccc1)(c1ccccc1)c1ccc2cc(-c3ccc(-c4ccc5ccc6ccc(-c7ccccc7)nc6c5n4)c4ccccc34)ccc2c1. The van der Waals surface area contributed by atoms with Gasteiger partial charge in [0, 0.05) is 37.8 Å². The van der Waals surface area contributed by atoms with E-state index in [-0.39, 0.29) is 0 Å². The number of hydrogen-bond donors (Lipinski definition) is 0. The van der Waals surface area contributed by atoms with Crippen molar-refractivity contribution in [1.29, 1.82) is 0 Å². The lowest BCUT2D eigenvalue weighted by Crippen LogP contribution is -2.24. The summed E-state index contributed by atoms with van der Waals surface area (Å²) >= 11 is 0. The third-order valence-electron chi connectivity index (χ3n) is 10.5. The zero-order chi connectivity index (χ0) is 36.1. The lowest BCUT2D eigenvalue weighted by Gasteiger charge is -2.20. The van der Waals surface area contributed by atoms with Crippen LogP contribution < -0.4 is 15.9 Å². The molecule has 2 heterocycles. The molecule has 0 amide bonds. The van der Waals surface area contributed by atoms with Crippen molar-refractivity contribution in [1.82, 2.24) is 9.97 Å². The van der Waals surface area contributed by atoms with Crippen LogP contribution in [-0.2, 0) is 4.57 Å². The highest BCUT2D eigenvalue weighted by Crippen LogP contribution is 2.43. The Morgan fingerprint density at radius 1 is 0.333 bits per heavy atom. The van der Waals surface area contributed by atoms with Crippen molar-refractivity contribution in [2.24, 2.45) is 0 Å². The molecule has 10 rings (SSSR count). The van der Waals surface area contributed by atoms with E-state index in [4.69, 9.17) is 9.97 Å². The van der Waals surface area contributed by atoms with Crippen molar-refractivity contribution in [3.8, 4) is 33.6 Å². The lowest BCUT2D eigenvalue weighted by molar-refractivity contribution is 0.592. The van der Waals surface area contributed by atoms with Gasteiger partial charge in [-0.15, -0.1) is 0 Å². The number of aromatic nitrogens is 2. The second-order valence-corrected chi connectivity index (χ2v) is 16.5. The fourth-order valence-electron chi connectivity index (χ4n) is 7.78. The predicted octanol–water partition coefficient (Wildman–Crippen LogP) is 11.7. The zero-order valence-corrected chi connectivity index (χ0v) is 30.2. The largest absolute Gasteiger partial charge is 0.309 e. The number of benzene rings is 8. The van der Waals surface area contributed by atoms with Crippen molar-refractivity contribution >= 4 is 66.4 Å². The van der Waals surface area contributed by atoms with Crippen LogP contribution in [0.15, 0.2) is 200 Å². The summed E-state index contributed by atoms with van der Waals surface area (Å²) in [6.07, 6.45) is 0. The molecule has 0 N–H and O–H groups in total. The molecule has 2 aromatic heterocycles. The average molecular weight is 709 g/mol. The van der Waals surface area contributed by atoms with Crippen LogP contribution in [0.3, 0.4) is 0 Å². The molecule has 8 aromatic carbocycles. The molecule has 0 unspecified atom stereocenters. The summed E-state index contributed by atoms with van der Waals surface area (Å²) in [4.78, 5) is 10.4. The first kappa shape index (κ1) is 32.0. The van der Waals surface area contributed by atoms with Gasteiger partial charge in [-0.2, -0.15) is 0 Å². The van der Waals surface area contributed by atoms with Gasteiger partial charge in [0.05, 0.1) is 22.4 Å². The molecule has 0 saturated heterocycles. The molecule has 0 fully saturated rings. The normalized spacial score (nSPS) is 11.8.